The highest BCUT2D eigenvalue weighted by Crippen LogP contribution is 2.32. The second kappa shape index (κ2) is 6.46. The van der Waals surface area contributed by atoms with Gasteiger partial charge >= 0.3 is 0 Å². The second-order valence-corrected chi connectivity index (χ2v) is 6.22. The number of nitrogens with zero attached hydrogens (tertiary/aromatic N) is 4. The molecule has 1 aromatic rings. The van der Waals surface area contributed by atoms with Gasteiger partial charge < -0.3 is 9.30 Å². The predicted molar refractivity (Wildman–Crippen MR) is 83.1 cm³/mol. The van der Waals surface area contributed by atoms with Crippen LogP contribution in [0.1, 0.15) is 32.5 Å². The van der Waals surface area contributed by atoms with Crippen molar-refractivity contribution in [3.8, 4) is 0 Å². The number of likely N-dealkylation sites (N-methyl/N-ethyl adjacent to an activating group) is 1. The van der Waals surface area contributed by atoms with E-state index < -0.39 is 0 Å². The summed E-state index contributed by atoms with van der Waals surface area (Å²) < 4.78 is 8.30. The van der Waals surface area contributed by atoms with Gasteiger partial charge in [-0.3, -0.25) is 9.80 Å². The first-order valence-electron chi connectivity index (χ1n) is 8.30. The molecule has 1 aromatic heterocycles. The van der Waals surface area contributed by atoms with Crippen molar-refractivity contribution in [1.82, 2.24) is 19.4 Å². The van der Waals surface area contributed by atoms with Crippen molar-refractivity contribution in [1.29, 1.82) is 0 Å². The third-order valence-electron chi connectivity index (χ3n) is 5.15. The molecule has 3 rings (SSSR count). The van der Waals surface area contributed by atoms with Crippen molar-refractivity contribution >= 4 is 0 Å². The highest BCUT2D eigenvalue weighted by molar-refractivity contribution is 5.03. The summed E-state index contributed by atoms with van der Waals surface area (Å²) in [6.45, 7) is 9.67. The fourth-order valence-corrected chi connectivity index (χ4v) is 3.95. The number of rotatable bonds is 5. The average Bonchev–Trinajstić information content (AvgIpc) is 3.07. The Bertz CT molecular complexity index is 457. The lowest BCUT2D eigenvalue weighted by atomic mass is 10.00. The Hall–Kier alpha value is -0.910. The Labute approximate surface area is 127 Å². The van der Waals surface area contributed by atoms with E-state index >= 15 is 0 Å². The van der Waals surface area contributed by atoms with Gasteiger partial charge in [0.2, 0.25) is 0 Å². The number of aryl methyl sites for hydroxylation is 1. The predicted octanol–water partition coefficient (Wildman–Crippen LogP) is 1.49. The van der Waals surface area contributed by atoms with Crippen molar-refractivity contribution in [3.63, 3.8) is 0 Å². The molecule has 0 aromatic carbocycles. The molecule has 5 heteroatoms. The monoisotopic (exact) mass is 292 g/mol. The van der Waals surface area contributed by atoms with E-state index in [9.17, 15) is 0 Å². The number of likely N-dealkylation sites (tertiary alicyclic amines) is 1. The number of hydrogen-bond donors (Lipinski definition) is 0. The van der Waals surface area contributed by atoms with E-state index in [1.165, 1.54) is 12.8 Å². The SMILES string of the molecule is CCN(CC)[C@H]1CN(Cc2nccn2C)C2CCCOC21. The summed E-state index contributed by atoms with van der Waals surface area (Å²) >= 11 is 0. The Kier molecular flexibility index (Phi) is 4.62. The second-order valence-electron chi connectivity index (χ2n) is 6.22. The summed E-state index contributed by atoms with van der Waals surface area (Å²) in [5.74, 6) is 1.15. The van der Waals surface area contributed by atoms with E-state index in [2.05, 4.69) is 40.2 Å². The maximum Gasteiger partial charge on any atom is 0.122 e. The molecule has 0 bridgehead atoms. The highest BCUT2D eigenvalue weighted by Gasteiger charge is 2.45. The van der Waals surface area contributed by atoms with Crippen LogP contribution in [0, 0.1) is 0 Å². The first-order valence-corrected chi connectivity index (χ1v) is 8.30. The molecular weight excluding hydrogens is 264 g/mol. The lowest BCUT2D eigenvalue weighted by Gasteiger charge is -2.35. The van der Waals surface area contributed by atoms with Crippen LogP contribution >= 0.6 is 0 Å². The average molecular weight is 292 g/mol. The van der Waals surface area contributed by atoms with Gasteiger partial charge in [-0.2, -0.15) is 0 Å². The molecule has 3 atom stereocenters. The molecule has 0 aliphatic carbocycles. The van der Waals surface area contributed by atoms with Crippen LogP contribution in [0.3, 0.4) is 0 Å². The van der Waals surface area contributed by atoms with Gasteiger partial charge in [0.05, 0.1) is 18.7 Å². The molecule has 5 nitrogen and oxygen atoms in total. The first-order chi connectivity index (χ1) is 10.2. The van der Waals surface area contributed by atoms with Crippen LogP contribution in [-0.2, 0) is 18.3 Å². The summed E-state index contributed by atoms with van der Waals surface area (Å²) in [4.78, 5) is 9.64. The van der Waals surface area contributed by atoms with E-state index in [-0.39, 0.29) is 0 Å². The van der Waals surface area contributed by atoms with Gasteiger partial charge in [-0.15, -0.1) is 0 Å². The summed E-state index contributed by atoms with van der Waals surface area (Å²) in [6.07, 6.45) is 6.74. The zero-order valence-electron chi connectivity index (χ0n) is 13.5. The largest absolute Gasteiger partial charge is 0.375 e. The van der Waals surface area contributed by atoms with Crippen LogP contribution in [0.15, 0.2) is 12.4 Å². The van der Waals surface area contributed by atoms with E-state index in [0.717, 1.165) is 38.6 Å². The molecule has 0 amide bonds. The van der Waals surface area contributed by atoms with E-state index in [1.54, 1.807) is 0 Å². The van der Waals surface area contributed by atoms with Gasteiger partial charge in [-0.25, -0.2) is 4.98 Å². The maximum atomic E-state index is 6.17. The first kappa shape index (κ1) is 15.0. The highest BCUT2D eigenvalue weighted by atomic mass is 16.5. The molecule has 2 aliphatic rings. The zero-order valence-corrected chi connectivity index (χ0v) is 13.5. The minimum Gasteiger partial charge on any atom is -0.375 e. The fourth-order valence-electron chi connectivity index (χ4n) is 3.95. The Morgan fingerprint density at radius 1 is 1.38 bits per heavy atom. The molecule has 0 saturated carbocycles. The normalized spacial score (nSPS) is 30.0. The topological polar surface area (TPSA) is 33.5 Å². The van der Waals surface area contributed by atoms with Gasteiger partial charge in [0, 0.05) is 38.6 Å². The molecule has 118 valence electrons. The van der Waals surface area contributed by atoms with Crippen molar-refractivity contribution < 1.29 is 4.74 Å². The number of ether oxygens (including phenoxy) is 1. The van der Waals surface area contributed by atoms with Gasteiger partial charge in [0.1, 0.15) is 5.82 Å². The van der Waals surface area contributed by atoms with Crippen LogP contribution in [0.2, 0.25) is 0 Å². The summed E-state index contributed by atoms with van der Waals surface area (Å²) in [5.41, 5.74) is 0. The summed E-state index contributed by atoms with van der Waals surface area (Å²) in [6, 6.07) is 1.09. The van der Waals surface area contributed by atoms with E-state index in [4.69, 9.17) is 4.74 Å². The van der Waals surface area contributed by atoms with Crippen molar-refractivity contribution in [3.05, 3.63) is 18.2 Å². The quantitative estimate of drug-likeness (QED) is 0.823. The lowest BCUT2D eigenvalue weighted by molar-refractivity contribution is -0.0399. The zero-order chi connectivity index (χ0) is 14.8. The smallest absolute Gasteiger partial charge is 0.122 e. The molecule has 0 radical (unpaired) electrons. The molecule has 0 N–H and O–H groups in total. The molecular formula is C16H28N4O. The Morgan fingerprint density at radius 3 is 2.86 bits per heavy atom. The minimum atomic E-state index is 0.374. The van der Waals surface area contributed by atoms with Crippen LogP contribution in [0.5, 0.6) is 0 Å². The van der Waals surface area contributed by atoms with Crippen LogP contribution in [0.25, 0.3) is 0 Å². The van der Waals surface area contributed by atoms with Gasteiger partial charge in [-0.05, 0) is 25.9 Å². The van der Waals surface area contributed by atoms with Gasteiger partial charge in [0.15, 0.2) is 0 Å². The molecule has 0 spiro atoms. The third kappa shape index (κ3) is 2.87. The van der Waals surface area contributed by atoms with Crippen molar-refractivity contribution in [2.45, 2.75) is 51.4 Å². The fraction of sp³-hybridized carbons (Fsp3) is 0.812. The van der Waals surface area contributed by atoms with E-state index in [1.807, 2.05) is 12.4 Å². The lowest BCUT2D eigenvalue weighted by Crippen LogP contribution is -2.47. The standard InChI is InChI=1S/C16H28N4O/c1-4-19(5-2)14-11-20(12-15-17-8-9-18(15)3)13-7-6-10-21-16(13)14/h8-9,13-14,16H,4-7,10-12H2,1-3H3/t13?,14-,16?/m0/s1. The molecule has 2 aliphatic heterocycles. The van der Waals surface area contributed by atoms with Gasteiger partial charge in [0.25, 0.3) is 0 Å². The molecule has 2 saturated heterocycles. The maximum absolute atomic E-state index is 6.17. The molecule has 3 heterocycles. The minimum absolute atomic E-state index is 0.374. The molecule has 21 heavy (non-hydrogen) atoms. The van der Waals surface area contributed by atoms with Crippen molar-refractivity contribution in [2.24, 2.45) is 7.05 Å². The van der Waals surface area contributed by atoms with E-state index in [0.29, 0.717) is 18.2 Å². The van der Waals surface area contributed by atoms with Crippen LogP contribution in [-0.4, -0.2) is 63.8 Å². The van der Waals surface area contributed by atoms with Crippen LogP contribution in [0.4, 0.5) is 0 Å². The number of imidazole rings is 1. The van der Waals surface area contributed by atoms with Crippen LogP contribution < -0.4 is 0 Å². The Balaban J connectivity index is 1.76. The molecule has 2 fully saturated rings. The van der Waals surface area contributed by atoms with Gasteiger partial charge in [-0.1, -0.05) is 13.8 Å². The number of fused-ring (bicyclic) bond motifs is 1. The number of hydrogen-bond acceptors (Lipinski definition) is 4. The summed E-state index contributed by atoms with van der Waals surface area (Å²) in [5, 5.41) is 0. The summed E-state index contributed by atoms with van der Waals surface area (Å²) in [7, 11) is 2.08. The molecule has 2 unspecified atom stereocenters. The van der Waals surface area contributed by atoms with Crippen molar-refractivity contribution in [2.75, 3.05) is 26.2 Å². The Morgan fingerprint density at radius 2 is 2.19 bits per heavy atom. The number of aromatic nitrogens is 2. The third-order valence-corrected chi connectivity index (χ3v) is 5.15.